The van der Waals surface area contributed by atoms with Crippen LogP contribution in [0.2, 0.25) is 0 Å². The zero-order chi connectivity index (χ0) is 16.3. The highest BCUT2D eigenvalue weighted by atomic mass is 16.3. The molecule has 4 heterocycles. The molecule has 24 heavy (non-hydrogen) atoms. The van der Waals surface area contributed by atoms with Gasteiger partial charge in [0.2, 0.25) is 0 Å². The van der Waals surface area contributed by atoms with Gasteiger partial charge in [0.05, 0.1) is 41.7 Å². The summed E-state index contributed by atoms with van der Waals surface area (Å²) < 4.78 is 3.91. The minimum Gasteiger partial charge on any atom is -0.386 e. The molecule has 6 heteroatoms. The molecule has 0 bridgehead atoms. The first-order valence-corrected chi connectivity index (χ1v) is 8.04. The van der Waals surface area contributed by atoms with E-state index >= 15 is 0 Å². The molecular formula is C18H15N5O. The Morgan fingerprint density at radius 1 is 1.25 bits per heavy atom. The summed E-state index contributed by atoms with van der Waals surface area (Å²) in [5.41, 5.74) is 4.57. The normalized spacial score (nSPS) is 24.1. The highest BCUT2D eigenvalue weighted by Gasteiger charge is 2.41. The van der Waals surface area contributed by atoms with E-state index in [4.69, 9.17) is 0 Å². The minimum absolute atomic E-state index is 0.0158. The van der Waals surface area contributed by atoms with Crippen molar-refractivity contribution in [2.75, 3.05) is 0 Å². The van der Waals surface area contributed by atoms with E-state index in [0.717, 1.165) is 12.1 Å². The molecule has 0 radical (unpaired) electrons. The highest BCUT2D eigenvalue weighted by molar-refractivity contribution is 5.69. The molecule has 2 aromatic heterocycles. The topological polar surface area (TPSA) is 79.7 Å². The van der Waals surface area contributed by atoms with Crippen molar-refractivity contribution in [2.24, 2.45) is 5.92 Å². The van der Waals surface area contributed by atoms with Crippen molar-refractivity contribution in [3.8, 4) is 17.3 Å². The molecule has 2 aliphatic heterocycles. The van der Waals surface area contributed by atoms with E-state index in [0.29, 0.717) is 17.8 Å². The van der Waals surface area contributed by atoms with E-state index < -0.39 is 6.10 Å². The smallest absolute Gasteiger partial charge is 0.103 e. The monoisotopic (exact) mass is 317 g/mol. The Kier molecular flexibility index (Phi) is 2.70. The van der Waals surface area contributed by atoms with Crippen LogP contribution in [-0.4, -0.2) is 24.4 Å². The van der Waals surface area contributed by atoms with Crippen molar-refractivity contribution in [3.63, 3.8) is 0 Å². The van der Waals surface area contributed by atoms with Crippen LogP contribution in [0, 0.1) is 17.2 Å². The predicted octanol–water partition coefficient (Wildman–Crippen LogP) is 2.27. The summed E-state index contributed by atoms with van der Waals surface area (Å²) in [6.07, 6.45) is 5.34. The molecule has 118 valence electrons. The van der Waals surface area contributed by atoms with E-state index in [1.54, 1.807) is 10.9 Å². The number of benzene rings is 1. The van der Waals surface area contributed by atoms with Crippen LogP contribution >= 0.6 is 0 Å². The molecule has 0 saturated heterocycles. The van der Waals surface area contributed by atoms with Crippen LogP contribution in [0.4, 0.5) is 0 Å². The molecular weight excluding hydrogens is 302 g/mol. The third kappa shape index (κ3) is 1.62. The van der Waals surface area contributed by atoms with E-state index in [9.17, 15) is 10.4 Å². The van der Waals surface area contributed by atoms with Gasteiger partial charge in [0.1, 0.15) is 12.2 Å². The molecule has 2 aliphatic rings. The molecule has 1 N–H and O–H groups in total. The van der Waals surface area contributed by atoms with E-state index in [1.165, 1.54) is 11.1 Å². The summed E-state index contributed by atoms with van der Waals surface area (Å²) in [5.74, 6) is -0.0158. The molecule has 0 amide bonds. The molecule has 0 fully saturated rings. The van der Waals surface area contributed by atoms with Crippen molar-refractivity contribution in [1.82, 2.24) is 19.3 Å². The van der Waals surface area contributed by atoms with Gasteiger partial charge in [0.25, 0.3) is 0 Å². The Morgan fingerprint density at radius 3 is 3.00 bits per heavy atom. The van der Waals surface area contributed by atoms with Crippen LogP contribution in [0.15, 0.2) is 43.0 Å². The van der Waals surface area contributed by atoms with Crippen molar-refractivity contribution in [3.05, 3.63) is 59.8 Å². The summed E-state index contributed by atoms with van der Waals surface area (Å²) in [4.78, 5) is 4.29. The summed E-state index contributed by atoms with van der Waals surface area (Å²) >= 11 is 0. The van der Waals surface area contributed by atoms with Gasteiger partial charge < -0.3 is 9.67 Å². The summed E-state index contributed by atoms with van der Waals surface area (Å²) in [7, 11) is 0. The minimum atomic E-state index is -0.720. The zero-order valence-corrected chi connectivity index (χ0v) is 12.9. The molecule has 1 aromatic carbocycles. The Morgan fingerprint density at radius 2 is 2.12 bits per heavy atom. The molecule has 0 unspecified atom stereocenters. The second-order valence-corrected chi connectivity index (χ2v) is 6.39. The molecule has 6 nitrogen and oxygen atoms in total. The zero-order valence-electron chi connectivity index (χ0n) is 12.9. The third-order valence-electron chi connectivity index (χ3n) is 5.29. The molecule has 5 rings (SSSR count). The van der Waals surface area contributed by atoms with Crippen molar-refractivity contribution in [1.29, 1.82) is 5.26 Å². The number of hydrogen-bond acceptors (Lipinski definition) is 4. The quantitative estimate of drug-likeness (QED) is 0.746. The lowest BCUT2D eigenvalue weighted by molar-refractivity contribution is 0.0523. The maximum atomic E-state index is 11.0. The maximum Gasteiger partial charge on any atom is 0.103 e. The van der Waals surface area contributed by atoms with Crippen molar-refractivity contribution < 1.29 is 5.11 Å². The number of nitriles is 1. The molecule has 0 saturated carbocycles. The molecule has 0 aliphatic carbocycles. The Hall–Kier alpha value is -2.91. The van der Waals surface area contributed by atoms with Crippen LogP contribution in [-0.2, 0) is 6.54 Å². The summed E-state index contributed by atoms with van der Waals surface area (Å²) in [5, 5.41) is 24.6. The van der Waals surface area contributed by atoms with Crippen LogP contribution in [0.1, 0.15) is 35.4 Å². The summed E-state index contributed by atoms with van der Waals surface area (Å²) in [6.45, 7) is 0.710. The number of aryl methyl sites for hydroxylation is 1. The average molecular weight is 317 g/mol. The molecule has 0 spiro atoms. The van der Waals surface area contributed by atoms with Crippen LogP contribution in [0.5, 0.6) is 0 Å². The maximum absolute atomic E-state index is 11.0. The van der Waals surface area contributed by atoms with Crippen LogP contribution in [0.3, 0.4) is 0 Å². The van der Waals surface area contributed by atoms with E-state index in [-0.39, 0.29) is 12.0 Å². The van der Waals surface area contributed by atoms with Gasteiger partial charge in [-0.25, -0.2) is 4.98 Å². The largest absolute Gasteiger partial charge is 0.386 e. The van der Waals surface area contributed by atoms with Crippen LogP contribution in [0.25, 0.3) is 11.3 Å². The van der Waals surface area contributed by atoms with Gasteiger partial charge in [-0.15, -0.1) is 0 Å². The van der Waals surface area contributed by atoms with Crippen LogP contribution < -0.4 is 0 Å². The lowest BCUT2D eigenvalue weighted by Gasteiger charge is -2.34. The lowest BCUT2D eigenvalue weighted by Crippen LogP contribution is -2.31. The Bertz CT molecular complexity index is 979. The van der Waals surface area contributed by atoms with Gasteiger partial charge in [-0.2, -0.15) is 10.4 Å². The fourth-order valence-corrected chi connectivity index (χ4v) is 4.24. The van der Waals surface area contributed by atoms with E-state index in [1.807, 2.05) is 24.7 Å². The first kappa shape index (κ1) is 13.5. The number of imidazole rings is 1. The van der Waals surface area contributed by atoms with E-state index in [2.05, 4.69) is 32.9 Å². The van der Waals surface area contributed by atoms with Gasteiger partial charge in [-0.05, 0) is 12.0 Å². The SMILES string of the molecule is N#Cc1cnn2c1[C@@H](O)[C@@H]([C@@H]1c3ccccc3-c3cncn31)CC2. The first-order chi connectivity index (χ1) is 11.8. The standard InChI is InChI=1S/C18H15N5O/c19-7-11-8-21-23-6-5-14(18(24)16(11)23)17-13-4-2-1-3-12(13)15-9-20-10-22(15)17/h1-4,8-10,14,17-18,24H,5-6H2/t14-,17+,18+/m1/s1. The van der Waals surface area contributed by atoms with Gasteiger partial charge in [-0.3, -0.25) is 4.68 Å². The average Bonchev–Trinajstić information content (AvgIpc) is 3.29. The Labute approximate surface area is 138 Å². The number of aliphatic hydroxyl groups excluding tert-OH is 1. The van der Waals surface area contributed by atoms with Crippen molar-refractivity contribution in [2.45, 2.75) is 25.1 Å². The molecule has 3 atom stereocenters. The highest BCUT2D eigenvalue weighted by Crippen LogP contribution is 2.49. The molecule has 3 aromatic rings. The van der Waals surface area contributed by atoms with Gasteiger partial charge in [-0.1, -0.05) is 24.3 Å². The van der Waals surface area contributed by atoms with Gasteiger partial charge in [0, 0.05) is 18.0 Å². The number of fused-ring (bicyclic) bond motifs is 4. The second-order valence-electron chi connectivity index (χ2n) is 6.39. The van der Waals surface area contributed by atoms with Crippen molar-refractivity contribution >= 4 is 0 Å². The number of aliphatic hydroxyl groups is 1. The Balaban J connectivity index is 1.64. The van der Waals surface area contributed by atoms with Gasteiger partial charge in [0.15, 0.2) is 0 Å². The number of rotatable bonds is 1. The number of hydrogen-bond donors (Lipinski definition) is 1. The van der Waals surface area contributed by atoms with Gasteiger partial charge >= 0.3 is 0 Å². The fraction of sp³-hybridized carbons (Fsp3) is 0.278. The number of nitrogens with zero attached hydrogens (tertiary/aromatic N) is 5. The second kappa shape index (κ2) is 4.79. The number of aromatic nitrogens is 4. The first-order valence-electron chi connectivity index (χ1n) is 8.04. The third-order valence-corrected chi connectivity index (χ3v) is 5.29. The fourth-order valence-electron chi connectivity index (χ4n) is 4.24. The predicted molar refractivity (Wildman–Crippen MR) is 85.8 cm³/mol. The summed E-state index contributed by atoms with van der Waals surface area (Å²) in [6, 6.07) is 10.5. The lowest BCUT2D eigenvalue weighted by atomic mass is 9.82.